The van der Waals surface area contributed by atoms with Crippen molar-refractivity contribution in [1.29, 1.82) is 0 Å². The Morgan fingerprint density at radius 2 is 1.76 bits per heavy atom. The van der Waals surface area contributed by atoms with Gasteiger partial charge >= 0.3 is 0 Å². The minimum atomic E-state index is -0.184. The van der Waals surface area contributed by atoms with E-state index in [-0.39, 0.29) is 24.5 Å². The number of hydrogen-bond acceptors (Lipinski definition) is 3. The molecule has 0 fully saturated rings. The van der Waals surface area contributed by atoms with E-state index in [0.717, 1.165) is 12.8 Å². The van der Waals surface area contributed by atoms with Crippen LogP contribution < -0.4 is 10.1 Å². The highest BCUT2D eigenvalue weighted by Gasteiger charge is 2.14. The number of hydrogen-bond donors (Lipinski definition) is 1. The Labute approximate surface area is 148 Å². The molecule has 3 rings (SSSR count). The Morgan fingerprint density at radius 1 is 1.00 bits per heavy atom. The van der Waals surface area contributed by atoms with Gasteiger partial charge in [-0.05, 0) is 55.0 Å². The van der Waals surface area contributed by atoms with Crippen LogP contribution in [0, 0.1) is 0 Å². The first-order chi connectivity index (χ1) is 12.2. The van der Waals surface area contributed by atoms with Crippen molar-refractivity contribution in [3.8, 4) is 5.75 Å². The van der Waals surface area contributed by atoms with Gasteiger partial charge in [0.25, 0.3) is 0 Å². The predicted molar refractivity (Wildman–Crippen MR) is 98.3 cm³/mol. The summed E-state index contributed by atoms with van der Waals surface area (Å²) in [5.41, 5.74) is 3.98. The number of ether oxygens (including phenoxy) is 1. The number of Topliss-reactive ketones (excluding diaryl/α,β-unsaturated/α-hetero) is 1. The van der Waals surface area contributed by atoms with Gasteiger partial charge in [0.05, 0.1) is 12.8 Å². The second-order valence-electron chi connectivity index (χ2n) is 6.36. The molecule has 130 valence electrons. The van der Waals surface area contributed by atoms with Crippen LogP contribution in [-0.4, -0.2) is 18.8 Å². The number of benzene rings is 2. The number of methoxy groups -OCH3 is 1. The third kappa shape index (κ3) is 4.27. The first kappa shape index (κ1) is 17.2. The summed E-state index contributed by atoms with van der Waals surface area (Å²) in [5, 5.41) is 2.80. The van der Waals surface area contributed by atoms with Crippen LogP contribution in [0.3, 0.4) is 0 Å². The third-order valence-electron chi connectivity index (χ3n) is 4.63. The Kier molecular flexibility index (Phi) is 5.49. The fraction of sp³-hybridized carbons (Fsp3) is 0.333. The Morgan fingerprint density at radius 3 is 2.56 bits per heavy atom. The Bertz CT molecular complexity index is 782. The standard InChI is InChI=1S/C21H23NO3/c1-25-20-9-5-4-8-18(20)22-21(24)13-12-19(23)17-11-10-15-6-2-3-7-16(15)14-17/h4-5,8-11,14H,2-3,6-7,12-13H2,1H3,(H,22,24). The van der Waals surface area contributed by atoms with E-state index in [1.807, 2.05) is 24.3 Å². The summed E-state index contributed by atoms with van der Waals surface area (Å²) in [4.78, 5) is 24.5. The average Bonchev–Trinajstić information content (AvgIpc) is 2.66. The zero-order valence-electron chi connectivity index (χ0n) is 14.5. The molecule has 1 N–H and O–H groups in total. The Balaban J connectivity index is 1.57. The summed E-state index contributed by atoms with van der Waals surface area (Å²) in [7, 11) is 1.56. The molecule has 0 atom stereocenters. The number of anilines is 1. The number of para-hydroxylation sites is 2. The van der Waals surface area contributed by atoms with Crippen LogP contribution in [0.1, 0.15) is 47.2 Å². The Hall–Kier alpha value is -2.62. The van der Waals surface area contributed by atoms with Gasteiger partial charge in [-0.2, -0.15) is 0 Å². The van der Waals surface area contributed by atoms with Crippen molar-refractivity contribution in [3.63, 3.8) is 0 Å². The van der Waals surface area contributed by atoms with E-state index in [2.05, 4.69) is 11.4 Å². The van der Waals surface area contributed by atoms with Crippen molar-refractivity contribution in [3.05, 3.63) is 59.2 Å². The maximum Gasteiger partial charge on any atom is 0.224 e. The number of amides is 1. The molecule has 1 amide bonds. The van der Waals surface area contributed by atoms with Crippen LogP contribution in [-0.2, 0) is 17.6 Å². The van der Waals surface area contributed by atoms with E-state index in [4.69, 9.17) is 4.74 Å². The van der Waals surface area contributed by atoms with Gasteiger partial charge in [-0.25, -0.2) is 0 Å². The van der Waals surface area contributed by atoms with Gasteiger partial charge in [-0.3, -0.25) is 9.59 Å². The number of nitrogens with one attached hydrogen (secondary N) is 1. The average molecular weight is 337 g/mol. The number of carbonyl (C=O) groups excluding carboxylic acids is 2. The minimum Gasteiger partial charge on any atom is -0.495 e. The van der Waals surface area contributed by atoms with Gasteiger partial charge < -0.3 is 10.1 Å². The largest absolute Gasteiger partial charge is 0.495 e. The summed E-state index contributed by atoms with van der Waals surface area (Å²) in [6, 6.07) is 13.2. The molecule has 0 aromatic heterocycles. The van der Waals surface area contributed by atoms with Gasteiger partial charge in [-0.15, -0.1) is 0 Å². The van der Waals surface area contributed by atoms with Crippen LogP contribution in [0.4, 0.5) is 5.69 Å². The van der Waals surface area contributed by atoms with Gasteiger partial charge in [0.1, 0.15) is 5.75 Å². The molecule has 2 aromatic carbocycles. The lowest BCUT2D eigenvalue weighted by Crippen LogP contribution is -2.14. The third-order valence-corrected chi connectivity index (χ3v) is 4.63. The molecule has 0 heterocycles. The molecule has 1 aliphatic rings. The monoisotopic (exact) mass is 337 g/mol. The molecule has 0 spiro atoms. The van der Waals surface area contributed by atoms with E-state index in [1.54, 1.807) is 19.2 Å². The highest BCUT2D eigenvalue weighted by atomic mass is 16.5. The molecular formula is C21H23NO3. The van der Waals surface area contributed by atoms with E-state index in [1.165, 1.54) is 24.0 Å². The van der Waals surface area contributed by atoms with Gasteiger partial charge in [-0.1, -0.05) is 24.3 Å². The molecule has 0 saturated heterocycles. The van der Waals surface area contributed by atoms with E-state index < -0.39 is 0 Å². The van der Waals surface area contributed by atoms with Gasteiger partial charge in [0.15, 0.2) is 5.78 Å². The molecule has 4 heteroatoms. The number of rotatable bonds is 6. The maximum atomic E-state index is 12.4. The van der Waals surface area contributed by atoms with E-state index in [0.29, 0.717) is 17.0 Å². The molecule has 0 radical (unpaired) electrons. The van der Waals surface area contributed by atoms with Crippen molar-refractivity contribution >= 4 is 17.4 Å². The summed E-state index contributed by atoms with van der Waals surface area (Å²) >= 11 is 0. The fourth-order valence-electron chi connectivity index (χ4n) is 3.24. The SMILES string of the molecule is COc1ccccc1NC(=O)CCC(=O)c1ccc2c(c1)CCCC2. The van der Waals surface area contributed by atoms with Crippen LogP contribution in [0.5, 0.6) is 5.75 Å². The highest BCUT2D eigenvalue weighted by molar-refractivity contribution is 6.00. The maximum absolute atomic E-state index is 12.4. The lowest BCUT2D eigenvalue weighted by atomic mass is 9.89. The zero-order chi connectivity index (χ0) is 17.6. The molecule has 0 saturated carbocycles. The summed E-state index contributed by atoms with van der Waals surface area (Å²) < 4.78 is 5.21. The molecule has 0 bridgehead atoms. The van der Waals surface area contributed by atoms with Gasteiger partial charge in [0, 0.05) is 18.4 Å². The van der Waals surface area contributed by atoms with Crippen molar-refractivity contribution in [1.82, 2.24) is 0 Å². The van der Waals surface area contributed by atoms with Gasteiger partial charge in [0.2, 0.25) is 5.91 Å². The first-order valence-corrected chi connectivity index (χ1v) is 8.75. The van der Waals surface area contributed by atoms with Crippen LogP contribution in [0.2, 0.25) is 0 Å². The van der Waals surface area contributed by atoms with Crippen molar-refractivity contribution in [2.45, 2.75) is 38.5 Å². The predicted octanol–water partition coefficient (Wildman–Crippen LogP) is 4.18. The second kappa shape index (κ2) is 7.97. The topological polar surface area (TPSA) is 55.4 Å². The summed E-state index contributed by atoms with van der Waals surface area (Å²) in [6.45, 7) is 0. The molecule has 2 aromatic rings. The number of aryl methyl sites for hydroxylation is 2. The summed E-state index contributed by atoms with van der Waals surface area (Å²) in [5.74, 6) is 0.441. The van der Waals surface area contributed by atoms with Crippen LogP contribution >= 0.6 is 0 Å². The molecule has 1 aliphatic carbocycles. The molecule has 0 aliphatic heterocycles. The van der Waals surface area contributed by atoms with Crippen molar-refractivity contribution in [2.24, 2.45) is 0 Å². The first-order valence-electron chi connectivity index (χ1n) is 8.75. The van der Waals surface area contributed by atoms with E-state index >= 15 is 0 Å². The van der Waals surface area contributed by atoms with Crippen LogP contribution in [0.15, 0.2) is 42.5 Å². The van der Waals surface area contributed by atoms with E-state index in [9.17, 15) is 9.59 Å². The zero-order valence-corrected chi connectivity index (χ0v) is 14.5. The lowest BCUT2D eigenvalue weighted by molar-refractivity contribution is -0.116. The smallest absolute Gasteiger partial charge is 0.224 e. The number of carbonyl (C=O) groups is 2. The van der Waals surface area contributed by atoms with Crippen LogP contribution in [0.25, 0.3) is 0 Å². The lowest BCUT2D eigenvalue weighted by Gasteiger charge is -2.16. The minimum absolute atomic E-state index is 0.0172. The normalized spacial score (nSPS) is 13.0. The number of fused-ring (bicyclic) bond motifs is 1. The van der Waals surface area contributed by atoms with Crippen molar-refractivity contribution < 1.29 is 14.3 Å². The number of ketones is 1. The van der Waals surface area contributed by atoms with Crippen molar-refractivity contribution in [2.75, 3.05) is 12.4 Å². The highest BCUT2D eigenvalue weighted by Crippen LogP contribution is 2.24. The molecule has 4 nitrogen and oxygen atoms in total. The fourth-order valence-corrected chi connectivity index (χ4v) is 3.24. The molecular weight excluding hydrogens is 314 g/mol. The summed E-state index contributed by atoms with van der Waals surface area (Å²) in [6.07, 6.45) is 4.93. The quantitative estimate of drug-likeness (QED) is 0.805. The molecule has 0 unspecified atom stereocenters. The second-order valence-corrected chi connectivity index (χ2v) is 6.36. The molecule has 25 heavy (non-hydrogen) atoms.